The third-order valence-corrected chi connectivity index (χ3v) is 4.86. The molecule has 2 aliphatic rings. The van der Waals surface area contributed by atoms with E-state index in [0.29, 0.717) is 6.42 Å². The summed E-state index contributed by atoms with van der Waals surface area (Å²) in [4.78, 5) is 34.2. The molecule has 0 aliphatic heterocycles. The van der Waals surface area contributed by atoms with Crippen LogP contribution >= 0.6 is 0 Å². The number of aliphatic carboxylic acids is 1. The van der Waals surface area contributed by atoms with Gasteiger partial charge in [0.05, 0.1) is 0 Å². The summed E-state index contributed by atoms with van der Waals surface area (Å²) in [6.45, 7) is 3.72. The summed E-state index contributed by atoms with van der Waals surface area (Å²) in [5.41, 5.74) is -1.07. The van der Waals surface area contributed by atoms with E-state index in [9.17, 15) is 14.4 Å². The highest BCUT2D eigenvalue weighted by atomic mass is 16.4. The summed E-state index contributed by atoms with van der Waals surface area (Å²) in [5, 5.41) is 8.73. The van der Waals surface area contributed by atoms with Crippen molar-refractivity contribution >= 4 is 17.5 Å². The Morgan fingerprint density at radius 1 is 1.44 bits per heavy atom. The Hall–Kier alpha value is -1.19. The van der Waals surface area contributed by atoms with Gasteiger partial charge in [-0.1, -0.05) is 13.8 Å². The smallest absolute Gasteiger partial charge is 0.303 e. The van der Waals surface area contributed by atoms with Gasteiger partial charge in [0.15, 0.2) is 0 Å². The molecule has 0 aromatic rings. The molecule has 2 bridgehead atoms. The lowest BCUT2D eigenvalue weighted by atomic mass is 9.66. The molecular weight excluding hydrogens is 208 g/mol. The first-order valence-corrected chi connectivity index (χ1v) is 5.63. The van der Waals surface area contributed by atoms with Crippen LogP contribution in [0.15, 0.2) is 0 Å². The van der Waals surface area contributed by atoms with Gasteiger partial charge in [0.2, 0.25) is 11.6 Å². The Bertz CT molecular complexity index is 386. The third kappa shape index (κ3) is 1.13. The number of hydrogen-bond donors (Lipinski definition) is 1. The first-order chi connectivity index (χ1) is 7.33. The number of carbonyl (C=O) groups excluding carboxylic acids is 2. The normalized spacial score (nSPS) is 41.8. The van der Waals surface area contributed by atoms with Crippen molar-refractivity contribution in [3.05, 3.63) is 0 Å². The highest BCUT2D eigenvalue weighted by Gasteiger charge is 2.68. The molecular formula is C12H16O4. The number of carboxylic acids is 1. The molecule has 88 valence electrons. The van der Waals surface area contributed by atoms with E-state index < -0.39 is 16.8 Å². The number of hydrogen-bond acceptors (Lipinski definition) is 3. The number of ketones is 2. The molecule has 0 amide bonds. The maximum absolute atomic E-state index is 11.9. The number of rotatable bonds is 3. The van der Waals surface area contributed by atoms with Gasteiger partial charge in [-0.3, -0.25) is 14.4 Å². The predicted molar refractivity (Wildman–Crippen MR) is 55.8 cm³/mol. The second-order valence-corrected chi connectivity index (χ2v) is 5.43. The molecule has 2 aliphatic carbocycles. The van der Waals surface area contributed by atoms with Crippen molar-refractivity contribution in [1.29, 1.82) is 0 Å². The molecule has 0 radical (unpaired) electrons. The van der Waals surface area contributed by atoms with Crippen LogP contribution in [-0.2, 0) is 14.4 Å². The number of fused-ring (bicyclic) bond motifs is 2. The van der Waals surface area contributed by atoms with Gasteiger partial charge in [0.1, 0.15) is 0 Å². The Kier molecular flexibility index (Phi) is 2.23. The fourth-order valence-electron chi connectivity index (χ4n) is 3.46. The van der Waals surface area contributed by atoms with Crippen molar-refractivity contribution in [1.82, 2.24) is 0 Å². The van der Waals surface area contributed by atoms with E-state index in [1.165, 1.54) is 0 Å². The highest BCUT2D eigenvalue weighted by molar-refractivity contribution is 6.43. The fourth-order valence-corrected chi connectivity index (χ4v) is 3.46. The molecule has 4 nitrogen and oxygen atoms in total. The second kappa shape index (κ2) is 3.15. The molecule has 0 heterocycles. The standard InChI is InChI=1S/C12H16O4/c1-11(6-4-8(13)14)7-3-5-12(11,2)10(16)9(7)15/h7H,3-6H2,1-2H3,(H,13,14)/t7-,11-,12+/m0/s1. The van der Waals surface area contributed by atoms with Gasteiger partial charge < -0.3 is 5.11 Å². The SMILES string of the molecule is C[C@]1(CCC(=O)O)[C@H]2CC[C@]1(C)C(=O)C2=O. The highest BCUT2D eigenvalue weighted by Crippen LogP contribution is 2.64. The summed E-state index contributed by atoms with van der Waals surface area (Å²) < 4.78 is 0. The van der Waals surface area contributed by atoms with Crippen LogP contribution in [0.25, 0.3) is 0 Å². The van der Waals surface area contributed by atoms with Gasteiger partial charge in [0, 0.05) is 17.8 Å². The van der Waals surface area contributed by atoms with Crippen LogP contribution < -0.4 is 0 Å². The van der Waals surface area contributed by atoms with E-state index in [4.69, 9.17) is 5.11 Å². The predicted octanol–water partition coefficient (Wildman–Crippen LogP) is 1.43. The van der Waals surface area contributed by atoms with E-state index in [1.54, 1.807) is 0 Å². The van der Waals surface area contributed by atoms with Gasteiger partial charge in [-0.25, -0.2) is 0 Å². The first-order valence-electron chi connectivity index (χ1n) is 5.63. The molecule has 0 unspecified atom stereocenters. The molecule has 4 heteroatoms. The average Bonchev–Trinajstić information content (AvgIpc) is 2.54. The van der Waals surface area contributed by atoms with Crippen LogP contribution in [0.4, 0.5) is 0 Å². The van der Waals surface area contributed by atoms with E-state index in [-0.39, 0.29) is 23.9 Å². The van der Waals surface area contributed by atoms with E-state index in [0.717, 1.165) is 12.8 Å². The fraction of sp³-hybridized carbons (Fsp3) is 0.750. The molecule has 0 saturated heterocycles. The summed E-state index contributed by atoms with van der Waals surface area (Å²) in [7, 11) is 0. The molecule has 0 aromatic carbocycles. The minimum atomic E-state index is -0.865. The van der Waals surface area contributed by atoms with Crippen LogP contribution in [0.2, 0.25) is 0 Å². The quantitative estimate of drug-likeness (QED) is 0.736. The lowest BCUT2D eigenvalue weighted by molar-refractivity contribution is -0.141. The maximum Gasteiger partial charge on any atom is 0.303 e. The van der Waals surface area contributed by atoms with Crippen molar-refractivity contribution in [3.63, 3.8) is 0 Å². The first kappa shape index (κ1) is 11.3. The Labute approximate surface area is 94.0 Å². The van der Waals surface area contributed by atoms with Crippen molar-refractivity contribution < 1.29 is 19.5 Å². The molecule has 3 atom stereocenters. The summed E-state index contributed by atoms with van der Waals surface area (Å²) in [6, 6.07) is 0. The van der Waals surface area contributed by atoms with E-state index >= 15 is 0 Å². The Balaban J connectivity index is 2.31. The molecule has 0 aromatic heterocycles. The average molecular weight is 224 g/mol. The zero-order valence-corrected chi connectivity index (χ0v) is 9.58. The van der Waals surface area contributed by atoms with Crippen molar-refractivity contribution in [3.8, 4) is 0 Å². The van der Waals surface area contributed by atoms with E-state index in [2.05, 4.69) is 0 Å². The van der Waals surface area contributed by atoms with Crippen LogP contribution in [0.5, 0.6) is 0 Å². The Morgan fingerprint density at radius 2 is 2.06 bits per heavy atom. The maximum atomic E-state index is 11.9. The van der Waals surface area contributed by atoms with E-state index in [1.807, 2.05) is 13.8 Å². The second-order valence-electron chi connectivity index (χ2n) is 5.43. The largest absolute Gasteiger partial charge is 0.481 e. The molecule has 2 saturated carbocycles. The zero-order valence-electron chi connectivity index (χ0n) is 9.58. The monoisotopic (exact) mass is 224 g/mol. The molecule has 16 heavy (non-hydrogen) atoms. The molecule has 2 fully saturated rings. The summed E-state index contributed by atoms with van der Waals surface area (Å²) >= 11 is 0. The molecule has 0 spiro atoms. The summed E-state index contributed by atoms with van der Waals surface area (Å²) in [6.07, 6.45) is 1.90. The zero-order chi connectivity index (χ0) is 12.1. The lowest BCUT2D eigenvalue weighted by Gasteiger charge is -2.35. The number of carbonyl (C=O) groups is 3. The summed E-state index contributed by atoms with van der Waals surface area (Å²) in [5.74, 6) is -1.67. The molecule has 2 rings (SSSR count). The van der Waals surface area contributed by atoms with Crippen LogP contribution in [0.3, 0.4) is 0 Å². The van der Waals surface area contributed by atoms with Gasteiger partial charge >= 0.3 is 5.97 Å². The number of Topliss-reactive ketones (excluding diaryl/α,β-unsaturated/α-hetero) is 2. The van der Waals surface area contributed by atoms with Gasteiger partial charge in [-0.2, -0.15) is 0 Å². The number of carboxylic acid groups (broad SMARTS) is 1. The Morgan fingerprint density at radius 3 is 2.50 bits per heavy atom. The van der Waals surface area contributed by atoms with Gasteiger partial charge in [0.25, 0.3) is 0 Å². The van der Waals surface area contributed by atoms with Crippen LogP contribution in [0, 0.1) is 16.7 Å². The van der Waals surface area contributed by atoms with Gasteiger partial charge in [-0.15, -0.1) is 0 Å². The van der Waals surface area contributed by atoms with Crippen LogP contribution in [-0.4, -0.2) is 22.6 Å². The van der Waals surface area contributed by atoms with Crippen molar-refractivity contribution in [2.24, 2.45) is 16.7 Å². The van der Waals surface area contributed by atoms with Crippen molar-refractivity contribution in [2.45, 2.75) is 39.5 Å². The topological polar surface area (TPSA) is 71.4 Å². The minimum absolute atomic E-state index is 0.0309. The van der Waals surface area contributed by atoms with Crippen molar-refractivity contribution in [2.75, 3.05) is 0 Å². The third-order valence-electron chi connectivity index (χ3n) is 4.86. The van der Waals surface area contributed by atoms with Gasteiger partial charge in [-0.05, 0) is 24.7 Å². The lowest BCUT2D eigenvalue weighted by Crippen LogP contribution is -2.35. The molecule has 1 N–H and O–H groups in total. The van der Waals surface area contributed by atoms with Crippen LogP contribution in [0.1, 0.15) is 39.5 Å². The minimum Gasteiger partial charge on any atom is -0.481 e.